The Bertz CT molecular complexity index is 1750. The maximum absolute atomic E-state index is 14.0. The Kier molecular flexibility index (Phi) is 9.72. The fourth-order valence-electron chi connectivity index (χ4n) is 5.41. The second kappa shape index (κ2) is 13.5. The summed E-state index contributed by atoms with van der Waals surface area (Å²) in [6.45, 7) is 5.01. The van der Waals surface area contributed by atoms with E-state index in [0.29, 0.717) is 0 Å². The van der Waals surface area contributed by atoms with Crippen LogP contribution >= 0.6 is 0 Å². The van der Waals surface area contributed by atoms with E-state index >= 15 is 0 Å². The highest BCUT2D eigenvalue weighted by atomic mass is 16.7. The van der Waals surface area contributed by atoms with Crippen LogP contribution < -0.4 is 14.9 Å². The number of phenols is 3. The van der Waals surface area contributed by atoms with Crippen molar-refractivity contribution in [1.29, 1.82) is 0 Å². The molecule has 0 amide bonds. The average molecular weight is 679 g/mol. The van der Waals surface area contributed by atoms with Crippen LogP contribution in [0.5, 0.6) is 28.7 Å². The molecule has 17 nitrogen and oxygen atoms in total. The minimum atomic E-state index is -1.71. The molecule has 0 aliphatic carbocycles. The van der Waals surface area contributed by atoms with Gasteiger partial charge >= 0.3 is 11.9 Å². The summed E-state index contributed by atoms with van der Waals surface area (Å²) in [5, 5.41) is 72.2. The Balaban J connectivity index is 1.61. The van der Waals surface area contributed by atoms with Crippen LogP contribution in [-0.2, 0) is 28.5 Å². The number of benzene rings is 2. The number of aliphatic hydroxyl groups excluding tert-OH is 4. The molecule has 7 N–H and O–H groups in total. The van der Waals surface area contributed by atoms with Crippen molar-refractivity contribution in [1.82, 2.24) is 0 Å². The van der Waals surface area contributed by atoms with Gasteiger partial charge in [0.15, 0.2) is 29.5 Å². The zero-order chi connectivity index (χ0) is 35.2. The van der Waals surface area contributed by atoms with Gasteiger partial charge in [0.2, 0.25) is 23.8 Å². The molecule has 0 bridgehead atoms. The van der Waals surface area contributed by atoms with Gasteiger partial charge in [-0.15, -0.1) is 0 Å². The summed E-state index contributed by atoms with van der Waals surface area (Å²) in [4.78, 5) is 37.7. The first-order chi connectivity index (χ1) is 22.6. The van der Waals surface area contributed by atoms with Crippen LogP contribution in [0.2, 0.25) is 0 Å². The second-order valence-electron chi connectivity index (χ2n) is 11.4. The predicted molar refractivity (Wildman–Crippen MR) is 158 cm³/mol. The van der Waals surface area contributed by atoms with Gasteiger partial charge in [0.05, 0.1) is 12.2 Å². The smallest absolute Gasteiger partial charge is 0.303 e. The molecule has 3 heterocycles. The number of fused-ring (bicyclic) bond motifs is 1. The Labute approximate surface area is 271 Å². The van der Waals surface area contributed by atoms with E-state index in [0.717, 1.165) is 38.1 Å². The molecule has 0 spiro atoms. The van der Waals surface area contributed by atoms with Gasteiger partial charge in [-0.25, -0.2) is 0 Å². The molecule has 1 aromatic heterocycles. The van der Waals surface area contributed by atoms with Gasteiger partial charge in [0, 0.05) is 31.5 Å². The Morgan fingerprint density at radius 1 is 0.708 bits per heavy atom. The first-order valence-electron chi connectivity index (χ1n) is 14.6. The van der Waals surface area contributed by atoms with Crippen LogP contribution in [-0.4, -0.2) is 109 Å². The number of hydrogen-bond donors (Lipinski definition) is 7. The van der Waals surface area contributed by atoms with E-state index < -0.39 is 113 Å². The number of ether oxygens (including phenoxy) is 6. The van der Waals surface area contributed by atoms with E-state index in [1.165, 1.54) is 19.9 Å². The van der Waals surface area contributed by atoms with Crippen molar-refractivity contribution in [3.05, 3.63) is 40.6 Å². The van der Waals surface area contributed by atoms with Crippen molar-refractivity contribution in [3.8, 4) is 40.1 Å². The fraction of sp³-hybridized carbons (Fsp3) is 0.452. The van der Waals surface area contributed by atoms with Crippen molar-refractivity contribution in [2.24, 2.45) is 0 Å². The number of esters is 2. The van der Waals surface area contributed by atoms with E-state index in [2.05, 4.69) is 0 Å². The zero-order valence-electron chi connectivity index (χ0n) is 25.9. The molecule has 2 aliphatic rings. The third-order valence-corrected chi connectivity index (χ3v) is 7.80. The second-order valence-corrected chi connectivity index (χ2v) is 11.4. The zero-order valence-corrected chi connectivity index (χ0v) is 25.9. The molecule has 3 aromatic rings. The molecule has 0 radical (unpaired) electrons. The lowest BCUT2D eigenvalue weighted by Crippen LogP contribution is -2.60. The van der Waals surface area contributed by atoms with Crippen LogP contribution in [0.3, 0.4) is 0 Å². The lowest BCUT2D eigenvalue weighted by Gasteiger charge is -2.41. The van der Waals surface area contributed by atoms with Gasteiger partial charge in [0.1, 0.15) is 46.9 Å². The number of hydrogen-bond acceptors (Lipinski definition) is 17. The lowest BCUT2D eigenvalue weighted by molar-refractivity contribution is -0.277. The SMILES string of the molecule is CC(=O)OC1C(C)OC(Oc2c(-c3ccc(O)c(O)c3)oc3cc(OC4OC(C)C(O)C(O)C4O)cc(O)c3c2=O)C(OC(C)=O)C1O. The molecule has 2 aromatic carbocycles. The Hall–Kier alpha value is -4.65. The van der Waals surface area contributed by atoms with Crippen molar-refractivity contribution >= 4 is 22.9 Å². The van der Waals surface area contributed by atoms with Crippen LogP contribution in [0.4, 0.5) is 0 Å². The average Bonchev–Trinajstić information content (AvgIpc) is 3.01. The number of aromatic hydroxyl groups is 3. The fourth-order valence-corrected chi connectivity index (χ4v) is 5.41. The number of carbonyl (C=O) groups excluding carboxylic acids is 2. The van der Waals surface area contributed by atoms with Crippen molar-refractivity contribution in [3.63, 3.8) is 0 Å². The maximum Gasteiger partial charge on any atom is 0.303 e. The predicted octanol–water partition coefficient (Wildman–Crippen LogP) is 0.131. The Morgan fingerprint density at radius 2 is 1.35 bits per heavy atom. The largest absolute Gasteiger partial charge is 0.507 e. The normalized spacial score (nSPS) is 30.4. The van der Waals surface area contributed by atoms with Gasteiger partial charge in [0.25, 0.3) is 0 Å². The summed E-state index contributed by atoms with van der Waals surface area (Å²) in [5.41, 5.74) is -1.36. The molecular weight excluding hydrogens is 644 g/mol. The van der Waals surface area contributed by atoms with Crippen LogP contribution in [0.1, 0.15) is 27.7 Å². The molecule has 10 atom stereocenters. The molecule has 2 aliphatic heterocycles. The third-order valence-electron chi connectivity index (χ3n) is 7.80. The summed E-state index contributed by atoms with van der Waals surface area (Å²) in [7, 11) is 0. The van der Waals surface area contributed by atoms with Gasteiger partial charge in [-0.1, -0.05) is 0 Å². The van der Waals surface area contributed by atoms with Gasteiger partial charge in [-0.3, -0.25) is 14.4 Å². The molecule has 260 valence electrons. The van der Waals surface area contributed by atoms with Crippen LogP contribution in [0.25, 0.3) is 22.3 Å². The van der Waals surface area contributed by atoms with Crippen molar-refractivity contribution < 1.29 is 78.2 Å². The summed E-state index contributed by atoms with van der Waals surface area (Å²) >= 11 is 0. The maximum atomic E-state index is 14.0. The number of aliphatic hydroxyl groups is 4. The van der Waals surface area contributed by atoms with Crippen molar-refractivity contribution in [2.75, 3.05) is 0 Å². The van der Waals surface area contributed by atoms with E-state index in [1.54, 1.807) is 0 Å². The van der Waals surface area contributed by atoms with Gasteiger partial charge in [-0.05, 0) is 32.0 Å². The molecule has 10 unspecified atom stereocenters. The van der Waals surface area contributed by atoms with E-state index in [4.69, 9.17) is 32.8 Å². The first-order valence-corrected chi connectivity index (χ1v) is 14.6. The van der Waals surface area contributed by atoms with Crippen molar-refractivity contribution in [2.45, 2.75) is 89.1 Å². The highest BCUT2D eigenvalue weighted by Crippen LogP contribution is 2.40. The summed E-state index contributed by atoms with van der Waals surface area (Å²) in [6.07, 6.45) is -14.6. The quantitative estimate of drug-likeness (QED) is 0.129. The third kappa shape index (κ3) is 6.69. The highest BCUT2D eigenvalue weighted by molar-refractivity contribution is 5.88. The number of phenolic OH excluding ortho intramolecular Hbond substituents is 3. The molecule has 5 rings (SSSR count). The summed E-state index contributed by atoms with van der Waals surface area (Å²) in [5.74, 6) is -4.71. The summed E-state index contributed by atoms with van der Waals surface area (Å²) in [6, 6.07) is 5.52. The van der Waals surface area contributed by atoms with E-state index in [9.17, 15) is 50.1 Å². The minimum Gasteiger partial charge on any atom is -0.507 e. The van der Waals surface area contributed by atoms with E-state index in [-0.39, 0.29) is 16.9 Å². The number of carbonyl (C=O) groups is 2. The topological polar surface area (TPSA) is 261 Å². The molecule has 48 heavy (non-hydrogen) atoms. The van der Waals surface area contributed by atoms with Crippen LogP contribution in [0, 0.1) is 0 Å². The number of rotatable bonds is 7. The van der Waals surface area contributed by atoms with Gasteiger partial charge < -0.3 is 68.6 Å². The molecular formula is C31H34O17. The monoisotopic (exact) mass is 678 g/mol. The van der Waals surface area contributed by atoms with E-state index in [1.807, 2.05) is 0 Å². The molecule has 0 saturated carbocycles. The summed E-state index contributed by atoms with van der Waals surface area (Å²) < 4.78 is 39.1. The minimum absolute atomic E-state index is 0.0340. The standard InChI is InChI=1S/C31H34O17/c1-10-21(37)23(39)24(40)30(42-10)46-15-8-18(36)20-19(9-15)47-27(14-5-6-16(34)17(35)7-14)28(22(20)38)48-31-29(45-13(4)33)25(41)26(11(2)43-31)44-12(3)32/h5-11,21,23-26,29-31,34-37,39-41H,1-4H3. The lowest BCUT2D eigenvalue weighted by atomic mass is 9.99. The molecule has 17 heteroatoms. The van der Waals surface area contributed by atoms with Crippen LogP contribution in [0.15, 0.2) is 39.5 Å². The first kappa shape index (κ1) is 34.7. The molecule has 2 saturated heterocycles. The molecule has 2 fully saturated rings. The highest BCUT2D eigenvalue weighted by Gasteiger charge is 2.49. The van der Waals surface area contributed by atoms with Gasteiger partial charge in [-0.2, -0.15) is 0 Å². The Morgan fingerprint density at radius 3 is 2.00 bits per heavy atom.